The van der Waals surface area contributed by atoms with E-state index in [2.05, 4.69) is 0 Å². The summed E-state index contributed by atoms with van der Waals surface area (Å²) in [6.07, 6.45) is 0. The summed E-state index contributed by atoms with van der Waals surface area (Å²) < 4.78 is 5.53. The van der Waals surface area contributed by atoms with Gasteiger partial charge in [0.15, 0.2) is 11.5 Å². The molecule has 33 heavy (non-hydrogen) atoms. The Morgan fingerprint density at radius 3 is 2.61 bits per heavy atom. The number of hydrogen-bond acceptors (Lipinski definition) is 6. The molecule has 3 aromatic rings. The van der Waals surface area contributed by atoms with Crippen molar-refractivity contribution in [2.75, 3.05) is 6.61 Å². The average Bonchev–Trinajstić information content (AvgIpc) is 3.39. The van der Waals surface area contributed by atoms with Gasteiger partial charge in [0.1, 0.15) is 5.76 Å². The predicted octanol–water partition coefficient (Wildman–Crippen LogP) is 5.09. The fourth-order valence-corrected chi connectivity index (χ4v) is 4.77. The molecule has 0 saturated carbocycles. The van der Waals surface area contributed by atoms with E-state index in [-0.39, 0.29) is 29.4 Å². The van der Waals surface area contributed by atoms with Crippen molar-refractivity contribution in [2.45, 2.75) is 33.4 Å². The molecule has 2 aromatic carbocycles. The Kier molecular flexibility index (Phi) is 6.24. The molecule has 0 spiro atoms. The van der Waals surface area contributed by atoms with Crippen LogP contribution in [0.5, 0.6) is 11.5 Å². The third kappa shape index (κ3) is 4.24. The number of likely N-dealkylation sites (tertiary alicyclic amines) is 1. The first-order chi connectivity index (χ1) is 15.8. The molecule has 1 fully saturated rings. The summed E-state index contributed by atoms with van der Waals surface area (Å²) in [6.45, 7) is 6.11. The maximum Gasteiger partial charge on any atom is 0.295 e. The average molecular weight is 464 g/mol. The summed E-state index contributed by atoms with van der Waals surface area (Å²) in [5, 5.41) is 23.4. The van der Waals surface area contributed by atoms with E-state index in [1.54, 1.807) is 25.1 Å². The number of carbonyl (C=O) groups excluding carboxylic acids is 2. The van der Waals surface area contributed by atoms with Crippen molar-refractivity contribution in [1.82, 2.24) is 4.90 Å². The minimum absolute atomic E-state index is 0.0263. The van der Waals surface area contributed by atoms with Crippen LogP contribution in [-0.2, 0) is 16.1 Å². The molecule has 1 atom stereocenters. The Hall–Kier alpha value is -3.58. The number of aryl methyl sites for hydroxylation is 2. The molecule has 1 amide bonds. The van der Waals surface area contributed by atoms with Gasteiger partial charge in [-0.25, -0.2) is 0 Å². The van der Waals surface area contributed by atoms with E-state index in [4.69, 9.17) is 4.74 Å². The molecule has 1 saturated heterocycles. The van der Waals surface area contributed by atoms with Gasteiger partial charge < -0.3 is 19.8 Å². The maximum absolute atomic E-state index is 13.2. The van der Waals surface area contributed by atoms with Crippen LogP contribution < -0.4 is 4.74 Å². The lowest BCUT2D eigenvalue weighted by Crippen LogP contribution is -2.28. The number of nitrogens with zero attached hydrogens (tertiary/aromatic N) is 1. The van der Waals surface area contributed by atoms with E-state index < -0.39 is 17.7 Å². The number of carbonyl (C=O) groups is 2. The van der Waals surface area contributed by atoms with Gasteiger partial charge in [-0.05, 0) is 61.5 Å². The van der Waals surface area contributed by atoms with Gasteiger partial charge in [0.05, 0.1) is 24.8 Å². The number of benzene rings is 2. The van der Waals surface area contributed by atoms with Gasteiger partial charge in [-0.2, -0.15) is 0 Å². The Balaban J connectivity index is 1.92. The zero-order valence-electron chi connectivity index (χ0n) is 18.7. The molecule has 0 aliphatic carbocycles. The number of amides is 1. The summed E-state index contributed by atoms with van der Waals surface area (Å²) >= 11 is 1.49. The summed E-state index contributed by atoms with van der Waals surface area (Å²) in [5.41, 5.74) is 2.83. The Morgan fingerprint density at radius 1 is 1.12 bits per heavy atom. The van der Waals surface area contributed by atoms with Crippen molar-refractivity contribution >= 4 is 28.8 Å². The molecule has 7 heteroatoms. The predicted molar refractivity (Wildman–Crippen MR) is 127 cm³/mol. The number of rotatable bonds is 6. The second-order valence-corrected chi connectivity index (χ2v) is 9.02. The van der Waals surface area contributed by atoms with Gasteiger partial charge in [-0.1, -0.05) is 29.8 Å². The Labute approximate surface area is 196 Å². The Morgan fingerprint density at radius 2 is 1.91 bits per heavy atom. The lowest BCUT2D eigenvalue weighted by molar-refractivity contribution is -0.140. The minimum atomic E-state index is -0.827. The van der Waals surface area contributed by atoms with E-state index in [0.717, 1.165) is 16.0 Å². The third-order valence-electron chi connectivity index (χ3n) is 5.69. The summed E-state index contributed by atoms with van der Waals surface area (Å²) in [7, 11) is 0. The number of thiophene rings is 1. The molecule has 1 aliphatic heterocycles. The zero-order valence-corrected chi connectivity index (χ0v) is 19.5. The van der Waals surface area contributed by atoms with Crippen LogP contribution in [0.3, 0.4) is 0 Å². The van der Waals surface area contributed by atoms with E-state index in [0.29, 0.717) is 17.7 Å². The molecule has 1 aromatic heterocycles. The number of aliphatic hydroxyl groups is 1. The molecule has 1 aliphatic rings. The molecule has 0 radical (unpaired) electrons. The first-order valence-corrected chi connectivity index (χ1v) is 11.5. The molecule has 2 heterocycles. The van der Waals surface area contributed by atoms with Gasteiger partial charge in [0.25, 0.3) is 11.7 Å². The lowest BCUT2D eigenvalue weighted by Gasteiger charge is -2.25. The van der Waals surface area contributed by atoms with E-state index in [9.17, 15) is 19.8 Å². The fourth-order valence-electron chi connectivity index (χ4n) is 4.07. The van der Waals surface area contributed by atoms with Crippen molar-refractivity contribution in [1.29, 1.82) is 0 Å². The quantitative estimate of drug-likeness (QED) is 0.302. The number of hydrogen-bond donors (Lipinski definition) is 2. The molecule has 4 rings (SSSR count). The molecule has 2 N–H and O–H groups in total. The highest BCUT2D eigenvalue weighted by molar-refractivity contribution is 7.09. The molecule has 1 unspecified atom stereocenters. The van der Waals surface area contributed by atoms with Crippen LogP contribution in [0.4, 0.5) is 0 Å². The summed E-state index contributed by atoms with van der Waals surface area (Å²) in [4.78, 5) is 28.8. The highest BCUT2D eigenvalue weighted by Crippen LogP contribution is 2.43. The Bertz CT molecular complexity index is 1250. The van der Waals surface area contributed by atoms with E-state index in [1.165, 1.54) is 22.3 Å². The van der Waals surface area contributed by atoms with Gasteiger partial charge in [-0.3, -0.25) is 9.59 Å². The summed E-state index contributed by atoms with van der Waals surface area (Å²) in [6, 6.07) is 13.3. The normalized spacial score (nSPS) is 17.5. The number of Topliss-reactive ketones (excluding diaryl/α,β-unsaturated/α-hetero) is 1. The molecule has 0 bridgehead atoms. The maximum atomic E-state index is 13.2. The van der Waals surface area contributed by atoms with Crippen LogP contribution in [0.25, 0.3) is 5.76 Å². The fraction of sp³-hybridized carbons (Fsp3) is 0.231. The van der Waals surface area contributed by atoms with Gasteiger partial charge >= 0.3 is 0 Å². The molecular formula is C26H25NO5S. The largest absolute Gasteiger partial charge is 0.507 e. The molecule has 6 nitrogen and oxygen atoms in total. The number of aliphatic hydroxyl groups excluding tert-OH is 1. The highest BCUT2D eigenvalue weighted by atomic mass is 32.1. The second-order valence-electron chi connectivity index (χ2n) is 7.98. The number of ketones is 1. The van der Waals surface area contributed by atoms with Gasteiger partial charge in [0.2, 0.25) is 0 Å². The zero-order chi connectivity index (χ0) is 23.7. The van der Waals surface area contributed by atoms with Crippen LogP contribution in [0.2, 0.25) is 0 Å². The van der Waals surface area contributed by atoms with Crippen molar-refractivity contribution in [3.05, 3.63) is 86.6 Å². The first kappa shape index (κ1) is 22.6. The van der Waals surface area contributed by atoms with Crippen LogP contribution >= 0.6 is 11.3 Å². The third-order valence-corrected chi connectivity index (χ3v) is 6.56. The SMILES string of the molecule is CCOc1cc(C2/C(=C(\O)c3cc(C)ccc3C)C(=O)C(=O)N2Cc2cccs2)ccc1O. The highest BCUT2D eigenvalue weighted by Gasteiger charge is 2.46. The number of aromatic hydroxyl groups is 1. The van der Waals surface area contributed by atoms with Crippen LogP contribution in [0, 0.1) is 13.8 Å². The molecular weight excluding hydrogens is 438 g/mol. The number of phenols is 1. The van der Waals surface area contributed by atoms with E-state index >= 15 is 0 Å². The summed E-state index contributed by atoms with van der Waals surface area (Å²) in [5.74, 6) is -1.40. The van der Waals surface area contributed by atoms with Crippen molar-refractivity contribution in [2.24, 2.45) is 0 Å². The molecule has 170 valence electrons. The van der Waals surface area contributed by atoms with Crippen LogP contribution in [-0.4, -0.2) is 33.4 Å². The number of phenolic OH excluding ortho intramolecular Hbond substituents is 1. The van der Waals surface area contributed by atoms with Gasteiger partial charge in [0, 0.05) is 10.4 Å². The lowest BCUT2D eigenvalue weighted by atomic mass is 9.93. The monoisotopic (exact) mass is 463 g/mol. The first-order valence-electron chi connectivity index (χ1n) is 10.7. The van der Waals surface area contributed by atoms with Crippen molar-refractivity contribution in [3.8, 4) is 11.5 Å². The van der Waals surface area contributed by atoms with Crippen LogP contribution in [0.15, 0.2) is 59.5 Å². The van der Waals surface area contributed by atoms with Crippen molar-refractivity contribution < 1.29 is 24.5 Å². The van der Waals surface area contributed by atoms with E-state index in [1.807, 2.05) is 43.5 Å². The smallest absolute Gasteiger partial charge is 0.295 e. The number of ether oxygens (including phenoxy) is 1. The van der Waals surface area contributed by atoms with Crippen molar-refractivity contribution in [3.63, 3.8) is 0 Å². The topological polar surface area (TPSA) is 87.1 Å². The second kappa shape index (κ2) is 9.11. The van der Waals surface area contributed by atoms with Gasteiger partial charge in [-0.15, -0.1) is 11.3 Å². The standard InChI is InChI=1S/C26H25NO5S/c1-4-32-21-13-17(9-10-20(21)28)23-22(24(29)19-12-15(2)7-8-16(19)3)25(30)26(31)27(23)14-18-6-5-11-33-18/h5-13,23,28-29H,4,14H2,1-3H3/b24-22+. The minimum Gasteiger partial charge on any atom is -0.507 e. The van der Waals surface area contributed by atoms with Crippen LogP contribution in [0.1, 0.15) is 40.1 Å².